The fraction of sp³-hybridized carbons (Fsp3) is 0.500. The molecular weight excluding hydrogens is 188 g/mol. The summed E-state index contributed by atoms with van der Waals surface area (Å²) < 4.78 is 5.69. The Bertz CT molecular complexity index is 314. The zero-order valence-electron chi connectivity index (χ0n) is 8.91. The average Bonchev–Trinajstić information content (AvgIpc) is 2.49. The lowest BCUT2D eigenvalue weighted by molar-refractivity contribution is 0.315. The maximum absolute atomic E-state index is 5.69. The summed E-state index contributed by atoms with van der Waals surface area (Å²) in [5.74, 6) is 1.02. The molecule has 0 spiro atoms. The van der Waals surface area contributed by atoms with Crippen LogP contribution in [0.15, 0.2) is 24.3 Å². The molecule has 1 unspecified atom stereocenters. The van der Waals surface area contributed by atoms with E-state index in [1.807, 2.05) is 12.1 Å². The first kappa shape index (κ1) is 10.5. The summed E-state index contributed by atoms with van der Waals surface area (Å²) in [6, 6.07) is 8.65. The minimum absolute atomic E-state index is 0.396. The van der Waals surface area contributed by atoms with Crippen LogP contribution in [0.2, 0.25) is 0 Å². The fourth-order valence-electron chi connectivity index (χ4n) is 1.99. The van der Waals surface area contributed by atoms with Crippen LogP contribution in [0, 0.1) is 0 Å². The monoisotopic (exact) mass is 206 g/mol. The predicted molar refractivity (Wildman–Crippen MR) is 61.0 cm³/mol. The third-order valence-electron chi connectivity index (χ3n) is 2.72. The largest absolute Gasteiger partial charge is 0.493 e. The van der Waals surface area contributed by atoms with E-state index in [4.69, 9.17) is 10.5 Å². The molecule has 1 heterocycles. The van der Waals surface area contributed by atoms with Crippen molar-refractivity contribution < 1.29 is 4.74 Å². The average molecular weight is 206 g/mol. The Balaban J connectivity index is 2.17. The normalized spacial score (nSPS) is 20.2. The van der Waals surface area contributed by atoms with Crippen LogP contribution in [0.25, 0.3) is 0 Å². The number of ether oxygens (including phenoxy) is 1. The van der Waals surface area contributed by atoms with Crippen LogP contribution in [0.5, 0.6) is 5.75 Å². The molecule has 1 atom stereocenters. The highest BCUT2D eigenvalue weighted by molar-refractivity contribution is 5.36. The number of nitrogens with one attached hydrogen (secondary N) is 1. The molecule has 0 aliphatic carbocycles. The fourth-order valence-corrected chi connectivity index (χ4v) is 1.99. The summed E-state index contributed by atoms with van der Waals surface area (Å²) in [6.07, 6.45) is 2.22. The van der Waals surface area contributed by atoms with Crippen LogP contribution < -0.4 is 15.8 Å². The summed E-state index contributed by atoms with van der Waals surface area (Å²) in [7, 11) is 0. The van der Waals surface area contributed by atoms with Crippen molar-refractivity contribution in [1.29, 1.82) is 0 Å². The molecule has 0 fully saturated rings. The van der Waals surface area contributed by atoms with Crippen molar-refractivity contribution in [3.63, 3.8) is 0 Å². The van der Waals surface area contributed by atoms with Gasteiger partial charge < -0.3 is 15.8 Å². The highest BCUT2D eigenvalue weighted by atomic mass is 16.5. The first-order valence-corrected chi connectivity index (χ1v) is 5.57. The van der Waals surface area contributed by atoms with Gasteiger partial charge >= 0.3 is 0 Å². The van der Waals surface area contributed by atoms with Crippen molar-refractivity contribution in [2.24, 2.45) is 5.73 Å². The molecule has 0 saturated carbocycles. The van der Waals surface area contributed by atoms with Gasteiger partial charge in [-0.1, -0.05) is 18.2 Å². The number of hydrogen-bond acceptors (Lipinski definition) is 3. The molecule has 3 N–H and O–H groups in total. The number of rotatable bonds is 3. The summed E-state index contributed by atoms with van der Waals surface area (Å²) in [6.45, 7) is 2.36. The van der Waals surface area contributed by atoms with Gasteiger partial charge in [-0.05, 0) is 18.9 Å². The highest BCUT2D eigenvalue weighted by Gasteiger charge is 2.17. The summed E-state index contributed by atoms with van der Waals surface area (Å²) >= 11 is 0. The Labute approximate surface area is 90.6 Å². The molecular formula is C12H18N2O. The van der Waals surface area contributed by atoms with Crippen LogP contribution in [0.4, 0.5) is 0 Å². The van der Waals surface area contributed by atoms with Crippen molar-refractivity contribution >= 4 is 0 Å². The molecule has 1 aliphatic rings. The number of benzene rings is 1. The quantitative estimate of drug-likeness (QED) is 0.787. The molecule has 3 heteroatoms. The topological polar surface area (TPSA) is 47.3 Å². The van der Waals surface area contributed by atoms with Gasteiger partial charge in [-0.15, -0.1) is 0 Å². The van der Waals surface area contributed by atoms with E-state index in [2.05, 4.69) is 17.4 Å². The Morgan fingerprint density at radius 3 is 3.13 bits per heavy atom. The third kappa shape index (κ3) is 2.49. The summed E-state index contributed by atoms with van der Waals surface area (Å²) in [5.41, 5.74) is 6.78. The number of nitrogens with two attached hydrogens (primary N) is 1. The molecule has 2 rings (SSSR count). The number of para-hydroxylation sites is 1. The van der Waals surface area contributed by atoms with Gasteiger partial charge in [-0.3, -0.25) is 0 Å². The Morgan fingerprint density at radius 2 is 2.27 bits per heavy atom. The van der Waals surface area contributed by atoms with E-state index < -0.39 is 0 Å². The van der Waals surface area contributed by atoms with Gasteiger partial charge in [-0.2, -0.15) is 0 Å². The van der Waals surface area contributed by atoms with E-state index in [9.17, 15) is 0 Å². The molecule has 82 valence electrons. The van der Waals surface area contributed by atoms with E-state index in [1.165, 1.54) is 5.56 Å². The molecule has 1 aromatic rings. The molecule has 3 nitrogen and oxygen atoms in total. The van der Waals surface area contributed by atoms with Gasteiger partial charge in [0.15, 0.2) is 0 Å². The first-order valence-electron chi connectivity index (χ1n) is 5.57. The van der Waals surface area contributed by atoms with Crippen LogP contribution in [0.1, 0.15) is 24.4 Å². The van der Waals surface area contributed by atoms with Gasteiger partial charge in [-0.25, -0.2) is 0 Å². The second-order valence-corrected chi connectivity index (χ2v) is 3.82. The zero-order valence-corrected chi connectivity index (χ0v) is 8.91. The van der Waals surface area contributed by atoms with Crippen LogP contribution >= 0.6 is 0 Å². The zero-order chi connectivity index (χ0) is 10.5. The minimum Gasteiger partial charge on any atom is -0.493 e. The van der Waals surface area contributed by atoms with Crippen molar-refractivity contribution in [2.75, 3.05) is 19.7 Å². The number of hydrogen-bond donors (Lipinski definition) is 2. The maximum Gasteiger partial charge on any atom is 0.124 e. The van der Waals surface area contributed by atoms with Gasteiger partial charge in [0.2, 0.25) is 0 Å². The van der Waals surface area contributed by atoms with Crippen molar-refractivity contribution in [3.05, 3.63) is 29.8 Å². The van der Waals surface area contributed by atoms with Gasteiger partial charge in [0.25, 0.3) is 0 Å². The molecule has 0 amide bonds. The smallest absolute Gasteiger partial charge is 0.124 e. The second-order valence-electron chi connectivity index (χ2n) is 3.82. The van der Waals surface area contributed by atoms with Crippen LogP contribution in [0.3, 0.4) is 0 Å². The van der Waals surface area contributed by atoms with Gasteiger partial charge in [0, 0.05) is 24.7 Å². The van der Waals surface area contributed by atoms with E-state index in [-0.39, 0.29) is 0 Å². The molecule has 0 radical (unpaired) electrons. The van der Waals surface area contributed by atoms with E-state index >= 15 is 0 Å². The molecule has 0 saturated heterocycles. The lowest BCUT2D eigenvalue weighted by atomic mass is 10.0. The van der Waals surface area contributed by atoms with E-state index in [1.54, 1.807) is 0 Å². The standard InChI is InChI=1S/C12H18N2O/c13-7-8-14-11-5-3-9-15-12-6-2-1-4-10(11)12/h1-2,4,6,11,14H,3,5,7-9,13H2. The van der Waals surface area contributed by atoms with Crippen molar-refractivity contribution in [1.82, 2.24) is 5.32 Å². The summed E-state index contributed by atoms with van der Waals surface area (Å²) in [4.78, 5) is 0. The van der Waals surface area contributed by atoms with Crippen molar-refractivity contribution in [2.45, 2.75) is 18.9 Å². The lowest BCUT2D eigenvalue weighted by Gasteiger charge is -2.17. The third-order valence-corrected chi connectivity index (χ3v) is 2.72. The Hall–Kier alpha value is -1.06. The lowest BCUT2D eigenvalue weighted by Crippen LogP contribution is -2.27. The van der Waals surface area contributed by atoms with Gasteiger partial charge in [0.05, 0.1) is 6.61 Å². The van der Waals surface area contributed by atoms with Crippen LogP contribution in [-0.4, -0.2) is 19.7 Å². The molecule has 15 heavy (non-hydrogen) atoms. The minimum atomic E-state index is 0.396. The van der Waals surface area contributed by atoms with E-state index in [0.29, 0.717) is 12.6 Å². The Kier molecular flexibility index (Phi) is 3.59. The number of fused-ring (bicyclic) bond motifs is 1. The van der Waals surface area contributed by atoms with Gasteiger partial charge in [0.1, 0.15) is 5.75 Å². The highest BCUT2D eigenvalue weighted by Crippen LogP contribution is 2.30. The maximum atomic E-state index is 5.69. The Morgan fingerprint density at radius 1 is 1.40 bits per heavy atom. The SMILES string of the molecule is NCCNC1CCCOc2ccccc21. The predicted octanol–water partition coefficient (Wildman–Crippen LogP) is 1.45. The van der Waals surface area contributed by atoms with E-state index in [0.717, 1.165) is 31.7 Å². The first-order chi connectivity index (χ1) is 7.42. The van der Waals surface area contributed by atoms with Crippen molar-refractivity contribution in [3.8, 4) is 5.75 Å². The molecule has 0 bridgehead atoms. The molecule has 1 aliphatic heterocycles. The summed E-state index contributed by atoms with van der Waals surface area (Å²) in [5, 5.41) is 3.46. The molecule has 0 aromatic heterocycles. The molecule has 1 aromatic carbocycles. The second kappa shape index (κ2) is 5.14. The van der Waals surface area contributed by atoms with Crippen LogP contribution in [-0.2, 0) is 0 Å².